The van der Waals surface area contributed by atoms with E-state index in [4.69, 9.17) is 15.6 Å². The first-order chi connectivity index (χ1) is 4.35. The molecule has 50 valence electrons. The first-order valence-electron chi connectivity index (χ1n) is 2.57. The molecule has 0 aliphatic heterocycles. The zero-order chi connectivity index (χ0) is 7.11. The standard InChI is InChI=1S/C5H8N2O2/c6-4-5(7-9)2-1-3-8/h8-9H,1-3H2. The molecule has 0 aromatic rings. The van der Waals surface area contributed by atoms with Crippen LogP contribution >= 0.6 is 0 Å². The molecule has 0 aromatic heterocycles. The molecule has 4 nitrogen and oxygen atoms in total. The summed E-state index contributed by atoms with van der Waals surface area (Å²) in [5.74, 6) is 0. The Morgan fingerprint density at radius 3 is 2.67 bits per heavy atom. The number of aliphatic hydroxyl groups is 1. The maximum Gasteiger partial charge on any atom is 0.156 e. The van der Waals surface area contributed by atoms with Gasteiger partial charge in [-0.05, 0) is 6.42 Å². The molecule has 0 atom stereocenters. The first kappa shape index (κ1) is 7.92. The van der Waals surface area contributed by atoms with E-state index in [9.17, 15) is 0 Å². The largest absolute Gasteiger partial charge is 0.410 e. The van der Waals surface area contributed by atoms with Crippen molar-refractivity contribution in [3.63, 3.8) is 0 Å². The maximum absolute atomic E-state index is 8.26. The molecule has 0 bridgehead atoms. The molecule has 0 radical (unpaired) electrons. The minimum absolute atomic E-state index is 0.0146. The van der Waals surface area contributed by atoms with E-state index in [1.165, 1.54) is 0 Å². The summed E-state index contributed by atoms with van der Waals surface area (Å²) in [6, 6.07) is 1.68. The quantitative estimate of drug-likeness (QED) is 0.322. The fourth-order valence-electron chi connectivity index (χ4n) is 0.375. The van der Waals surface area contributed by atoms with Crippen molar-refractivity contribution in [3.05, 3.63) is 0 Å². The predicted octanol–water partition coefficient (Wildman–Crippen LogP) is 0.113. The summed E-state index contributed by atoms with van der Waals surface area (Å²) in [6.07, 6.45) is 0.802. The number of rotatable bonds is 3. The molecule has 0 aliphatic rings. The Morgan fingerprint density at radius 1 is 1.67 bits per heavy atom. The Labute approximate surface area is 53.0 Å². The number of nitriles is 1. The van der Waals surface area contributed by atoms with Crippen molar-refractivity contribution in [2.45, 2.75) is 12.8 Å². The van der Waals surface area contributed by atoms with E-state index in [-0.39, 0.29) is 12.3 Å². The van der Waals surface area contributed by atoms with Crippen LogP contribution in [0.3, 0.4) is 0 Å². The summed E-state index contributed by atoms with van der Waals surface area (Å²) in [7, 11) is 0. The molecule has 0 unspecified atom stereocenters. The van der Waals surface area contributed by atoms with Crippen LogP contribution in [0.15, 0.2) is 5.16 Å². The van der Waals surface area contributed by atoms with E-state index in [0.29, 0.717) is 12.8 Å². The molecular weight excluding hydrogens is 120 g/mol. The van der Waals surface area contributed by atoms with E-state index >= 15 is 0 Å². The summed E-state index contributed by atoms with van der Waals surface area (Å²) in [6.45, 7) is 0.0146. The molecule has 0 spiro atoms. The fraction of sp³-hybridized carbons (Fsp3) is 0.600. The second-order valence-corrected chi connectivity index (χ2v) is 1.49. The average Bonchev–Trinajstić information content (AvgIpc) is 1.91. The summed E-state index contributed by atoms with van der Waals surface area (Å²) in [5.41, 5.74) is 0.0593. The number of aliphatic hydroxyl groups excluding tert-OH is 1. The van der Waals surface area contributed by atoms with Crippen LogP contribution < -0.4 is 0 Å². The second-order valence-electron chi connectivity index (χ2n) is 1.49. The minimum atomic E-state index is 0.0146. The second kappa shape index (κ2) is 5.06. The smallest absolute Gasteiger partial charge is 0.156 e. The van der Waals surface area contributed by atoms with Gasteiger partial charge in [0.2, 0.25) is 0 Å². The van der Waals surface area contributed by atoms with E-state index in [1.807, 2.05) is 0 Å². The van der Waals surface area contributed by atoms with E-state index < -0.39 is 0 Å². The van der Waals surface area contributed by atoms with Crippen LogP contribution in [0.2, 0.25) is 0 Å². The first-order valence-corrected chi connectivity index (χ1v) is 2.57. The van der Waals surface area contributed by atoms with Gasteiger partial charge in [0, 0.05) is 13.0 Å². The third-order valence-corrected chi connectivity index (χ3v) is 0.821. The fourth-order valence-corrected chi connectivity index (χ4v) is 0.375. The van der Waals surface area contributed by atoms with Crippen LogP contribution in [-0.4, -0.2) is 22.6 Å². The predicted molar refractivity (Wildman–Crippen MR) is 31.2 cm³/mol. The Morgan fingerprint density at radius 2 is 2.33 bits per heavy atom. The van der Waals surface area contributed by atoms with Gasteiger partial charge >= 0.3 is 0 Å². The van der Waals surface area contributed by atoms with Gasteiger partial charge in [0.1, 0.15) is 6.07 Å². The zero-order valence-electron chi connectivity index (χ0n) is 4.91. The van der Waals surface area contributed by atoms with Gasteiger partial charge < -0.3 is 10.3 Å². The monoisotopic (exact) mass is 128 g/mol. The molecule has 0 fully saturated rings. The van der Waals surface area contributed by atoms with Crippen LogP contribution in [-0.2, 0) is 0 Å². The molecule has 0 rings (SSSR count). The van der Waals surface area contributed by atoms with Gasteiger partial charge in [0.15, 0.2) is 5.71 Å². The van der Waals surface area contributed by atoms with E-state index in [2.05, 4.69) is 5.16 Å². The summed E-state index contributed by atoms with van der Waals surface area (Å²) in [4.78, 5) is 0. The Balaban J connectivity index is 3.49. The SMILES string of the molecule is N#CC(CCCO)=NO. The molecule has 0 aliphatic carbocycles. The highest BCUT2D eigenvalue weighted by molar-refractivity contribution is 5.97. The minimum Gasteiger partial charge on any atom is -0.410 e. The third-order valence-electron chi connectivity index (χ3n) is 0.821. The topological polar surface area (TPSA) is 76.6 Å². The number of hydrogen-bond donors (Lipinski definition) is 2. The molecule has 9 heavy (non-hydrogen) atoms. The number of hydrogen-bond acceptors (Lipinski definition) is 4. The van der Waals surface area contributed by atoms with Gasteiger partial charge in [-0.15, -0.1) is 0 Å². The average molecular weight is 128 g/mol. The van der Waals surface area contributed by atoms with Crippen molar-refractivity contribution in [2.75, 3.05) is 6.61 Å². The van der Waals surface area contributed by atoms with E-state index in [1.54, 1.807) is 6.07 Å². The van der Waals surface area contributed by atoms with Crippen LogP contribution in [0.25, 0.3) is 0 Å². The van der Waals surface area contributed by atoms with Crippen LogP contribution in [0.4, 0.5) is 0 Å². The summed E-state index contributed by atoms with van der Waals surface area (Å²) in [5, 5.41) is 27.1. The van der Waals surface area contributed by atoms with E-state index in [0.717, 1.165) is 0 Å². The highest BCUT2D eigenvalue weighted by Crippen LogP contribution is 1.89. The van der Waals surface area contributed by atoms with Crippen molar-refractivity contribution in [1.82, 2.24) is 0 Å². The summed E-state index contributed by atoms with van der Waals surface area (Å²) >= 11 is 0. The van der Waals surface area contributed by atoms with Crippen LogP contribution in [0, 0.1) is 11.3 Å². The molecule has 0 saturated heterocycles. The number of oxime groups is 1. The van der Waals surface area contributed by atoms with Crippen molar-refractivity contribution in [3.8, 4) is 6.07 Å². The van der Waals surface area contributed by atoms with Gasteiger partial charge in [-0.2, -0.15) is 5.26 Å². The zero-order valence-corrected chi connectivity index (χ0v) is 4.91. The van der Waals surface area contributed by atoms with Crippen LogP contribution in [0.5, 0.6) is 0 Å². The Kier molecular flexibility index (Phi) is 4.46. The van der Waals surface area contributed by atoms with Gasteiger partial charge in [0.05, 0.1) is 0 Å². The molecule has 0 heterocycles. The van der Waals surface area contributed by atoms with Gasteiger partial charge in [0.25, 0.3) is 0 Å². The number of nitrogens with zero attached hydrogens (tertiary/aromatic N) is 2. The molecule has 2 N–H and O–H groups in total. The normalized spacial score (nSPS) is 10.9. The molecule has 0 saturated carbocycles. The lowest BCUT2D eigenvalue weighted by Gasteiger charge is -1.89. The van der Waals surface area contributed by atoms with Gasteiger partial charge in [-0.25, -0.2) is 0 Å². The molecular formula is C5H8N2O2. The highest BCUT2D eigenvalue weighted by Gasteiger charge is 1.94. The third kappa shape index (κ3) is 3.50. The lowest BCUT2D eigenvalue weighted by molar-refractivity contribution is 0.288. The molecule has 4 heteroatoms. The van der Waals surface area contributed by atoms with Crippen molar-refractivity contribution >= 4 is 5.71 Å². The lowest BCUT2D eigenvalue weighted by atomic mass is 10.2. The molecule has 0 amide bonds. The highest BCUT2D eigenvalue weighted by atomic mass is 16.4. The lowest BCUT2D eigenvalue weighted by Crippen LogP contribution is -1.95. The van der Waals surface area contributed by atoms with Crippen LogP contribution in [0.1, 0.15) is 12.8 Å². The summed E-state index contributed by atoms with van der Waals surface area (Å²) < 4.78 is 0. The Hall–Kier alpha value is -1.08. The van der Waals surface area contributed by atoms with Gasteiger partial charge in [-0.3, -0.25) is 0 Å². The van der Waals surface area contributed by atoms with Crippen molar-refractivity contribution in [2.24, 2.45) is 5.16 Å². The van der Waals surface area contributed by atoms with Crippen molar-refractivity contribution < 1.29 is 10.3 Å². The van der Waals surface area contributed by atoms with Crippen molar-refractivity contribution in [1.29, 1.82) is 5.26 Å². The Bertz CT molecular complexity index is 136. The maximum atomic E-state index is 8.26. The molecule has 0 aromatic carbocycles. The van der Waals surface area contributed by atoms with Gasteiger partial charge in [-0.1, -0.05) is 5.16 Å².